The lowest BCUT2D eigenvalue weighted by molar-refractivity contribution is 0.660. The summed E-state index contributed by atoms with van der Waals surface area (Å²) in [5.41, 5.74) is 23.7. The van der Waals surface area contributed by atoms with Crippen molar-refractivity contribution in [1.82, 2.24) is 13.5 Å². The zero-order chi connectivity index (χ0) is 47.4. The van der Waals surface area contributed by atoms with E-state index in [2.05, 4.69) is 264 Å². The predicted octanol–water partition coefficient (Wildman–Crippen LogP) is 18.3. The molecule has 0 amide bonds. The van der Waals surface area contributed by atoms with E-state index >= 15 is 0 Å². The van der Waals surface area contributed by atoms with Crippen molar-refractivity contribution in [1.29, 1.82) is 0 Å². The van der Waals surface area contributed by atoms with Gasteiger partial charge in [0.1, 0.15) is 0 Å². The second kappa shape index (κ2) is 14.4. The molecule has 16 rings (SSSR count). The van der Waals surface area contributed by atoms with Crippen LogP contribution in [0, 0.1) is 0 Å². The number of nitrogens with zero attached hydrogens (tertiary/aromatic N) is 3. The molecule has 4 aromatic heterocycles. The van der Waals surface area contributed by atoms with Crippen LogP contribution in [0.2, 0.25) is 0 Å². The van der Waals surface area contributed by atoms with Crippen LogP contribution in [0.15, 0.2) is 237 Å². The average Bonchev–Trinajstić information content (AvgIpc) is 4.21. The maximum Gasteiger partial charge on any atom is 0.0620 e. The first-order valence-electron chi connectivity index (χ1n) is 25.2. The van der Waals surface area contributed by atoms with Gasteiger partial charge in [-0.3, -0.25) is 0 Å². The molecule has 3 heteroatoms. The Labute approximate surface area is 416 Å². The van der Waals surface area contributed by atoms with Crippen LogP contribution in [-0.2, 0) is 5.41 Å². The Balaban J connectivity index is 0.729. The number of aromatic nitrogens is 3. The molecule has 0 N–H and O–H groups in total. The number of benzene rings is 11. The summed E-state index contributed by atoms with van der Waals surface area (Å²) < 4.78 is 7.33. The van der Waals surface area contributed by atoms with E-state index in [9.17, 15) is 0 Å². The van der Waals surface area contributed by atoms with E-state index in [1.807, 2.05) is 0 Å². The molecule has 1 aliphatic carbocycles. The zero-order valence-corrected chi connectivity index (χ0v) is 39.9. The standard InChI is InChI=1S/C69H45N3/c1-69(2)60-18-7-3-12-50(60)51-35-33-49(41-61(51)69)71-63-20-9-6-15-54(63)59-39-46(30-37-66(59)71)43-24-22-42(23-25-43)45-29-36-65-58(38-45)53-14-5-8-19-62(53)70(65)48-31-26-44(27-32-48)47-28-34-55-57-17-11-16-56-52-13-4-10-21-64(52)72(68(56)57)67(55)40-47/h3-41H,1-2H3. The molecule has 4 heterocycles. The van der Waals surface area contributed by atoms with E-state index in [4.69, 9.17) is 0 Å². The third-order valence-electron chi connectivity index (χ3n) is 16.4. The highest BCUT2D eigenvalue weighted by Gasteiger charge is 2.35. The Morgan fingerprint density at radius 1 is 0.264 bits per heavy atom. The molecule has 0 saturated heterocycles. The Hall–Kier alpha value is -9.18. The molecule has 336 valence electrons. The predicted molar refractivity (Wildman–Crippen MR) is 304 cm³/mol. The average molecular weight is 916 g/mol. The van der Waals surface area contributed by atoms with Gasteiger partial charge in [-0.15, -0.1) is 0 Å². The lowest BCUT2D eigenvalue weighted by Crippen LogP contribution is -2.15. The molecule has 0 bridgehead atoms. The van der Waals surface area contributed by atoms with E-state index in [1.165, 1.54) is 143 Å². The molecule has 0 fully saturated rings. The van der Waals surface area contributed by atoms with Gasteiger partial charge in [0.05, 0.1) is 38.6 Å². The van der Waals surface area contributed by atoms with Gasteiger partial charge in [0, 0.05) is 59.9 Å². The second-order valence-electron chi connectivity index (χ2n) is 20.5. The van der Waals surface area contributed by atoms with Crippen molar-refractivity contribution in [2.75, 3.05) is 0 Å². The number of hydrogen-bond donors (Lipinski definition) is 0. The molecule has 0 aliphatic heterocycles. The number of para-hydroxylation sites is 4. The molecular weight excluding hydrogens is 871 g/mol. The summed E-state index contributed by atoms with van der Waals surface area (Å²) >= 11 is 0. The fourth-order valence-corrected chi connectivity index (χ4v) is 13.0. The quantitative estimate of drug-likeness (QED) is 0.163. The molecule has 1 aliphatic rings. The minimum Gasteiger partial charge on any atom is -0.309 e. The van der Waals surface area contributed by atoms with Crippen molar-refractivity contribution in [2.45, 2.75) is 19.3 Å². The Morgan fingerprint density at radius 2 is 0.694 bits per heavy atom. The molecular formula is C69H45N3. The third kappa shape index (κ3) is 5.40. The topological polar surface area (TPSA) is 14.3 Å². The number of hydrogen-bond acceptors (Lipinski definition) is 0. The number of fused-ring (bicyclic) bond motifs is 15. The summed E-state index contributed by atoms with van der Waals surface area (Å²) in [6.07, 6.45) is 0. The summed E-state index contributed by atoms with van der Waals surface area (Å²) in [5, 5.41) is 10.2. The largest absolute Gasteiger partial charge is 0.309 e. The Morgan fingerprint density at radius 3 is 1.33 bits per heavy atom. The van der Waals surface area contributed by atoms with E-state index < -0.39 is 0 Å². The highest BCUT2D eigenvalue weighted by Crippen LogP contribution is 2.50. The van der Waals surface area contributed by atoms with Crippen molar-refractivity contribution in [3.8, 4) is 55.9 Å². The van der Waals surface area contributed by atoms with Crippen LogP contribution in [0.3, 0.4) is 0 Å². The van der Waals surface area contributed by atoms with Gasteiger partial charge in [-0.1, -0.05) is 178 Å². The van der Waals surface area contributed by atoms with Gasteiger partial charge in [-0.05, 0) is 128 Å². The lowest BCUT2D eigenvalue weighted by Gasteiger charge is -2.22. The van der Waals surface area contributed by atoms with Crippen LogP contribution in [0.5, 0.6) is 0 Å². The van der Waals surface area contributed by atoms with Crippen molar-refractivity contribution in [3.05, 3.63) is 248 Å². The van der Waals surface area contributed by atoms with Crippen LogP contribution in [0.4, 0.5) is 0 Å². The van der Waals surface area contributed by atoms with Gasteiger partial charge in [0.2, 0.25) is 0 Å². The molecule has 0 unspecified atom stereocenters. The molecule has 0 spiro atoms. The molecule has 72 heavy (non-hydrogen) atoms. The van der Waals surface area contributed by atoms with Gasteiger partial charge in [0.15, 0.2) is 0 Å². The van der Waals surface area contributed by atoms with Crippen molar-refractivity contribution < 1.29 is 0 Å². The smallest absolute Gasteiger partial charge is 0.0620 e. The van der Waals surface area contributed by atoms with Crippen molar-refractivity contribution in [3.63, 3.8) is 0 Å². The van der Waals surface area contributed by atoms with E-state index in [0.717, 1.165) is 5.69 Å². The van der Waals surface area contributed by atoms with Crippen molar-refractivity contribution >= 4 is 81.7 Å². The normalized spacial score (nSPS) is 13.2. The van der Waals surface area contributed by atoms with Crippen LogP contribution < -0.4 is 0 Å². The molecule has 11 aromatic carbocycles. The van der Waals surface area contributed by atoms with E-state index in [-0.39, 0.29) is 5.41 Å². The van der Waals surface area contributed by atoms with Gasteiger partial charge in [0.25, 0.3) is 0 Å². The second-order valence-corrected chi connectivity index (χ2v) is 20.5. The Bertz CT molecular complexity index is 4750. The molecule has 15 aromatic rings. The summed E-state index contributed by atoms with van der Waals surface area (Å²) in [6, 6.07) is 88.3. The van der Waals surface area contributed by atoms with Gasteiger partial charge >= 0.3 is 0 Å². The maximum atomic E-state index is 2.46. The summed E-state index contributed by atoms with van der Waals surface area (Å²) in [7, 11) is 0. The highest BCUT2D eigenvalue weighted by atomic mass is 15.0. The fraction of sp³-hybridized carbons (Fsp3) is 0.0435. The van der Waals surface area contributed by atoms with E-state index in [1.54, 1.807) is 0 Å². The maximum absolute atomic E-state index is 2.46. The van der Waals surface area contributed by atoms with Gasteiger partial charge in [-0.25, -0.2) is 0 Å². The minimum absolute atomic E-state index is 0.0642. The summed E-state index contributed by atoms with van der Waals surface area (Å²) in [4.78, 5) is 0. The molecule has 0 atom stereocenters. The Kier molecular flexibility index (Phi) is 7.95. The van der Waals surface area contributed by atoms with Gasteiger partial charge in [-0.2, -0.15) is 0 Å². The first-order valence-corrected chi connectivity index (χ1v) is 25.2. The molecule has 0 saturated carbocycles. The minimum atomic E-state index is -0.0642. The summed E-state index contributed by atoms with van der Waals surface area (Å²) in [5.74, 6) is 0. The third-order valence-corrected chi connectivity index (χ3v) is 16.4. The summed E-state index contributed by atoms with van der Waals surface area (Å²) in [6.45, 7) is 4.72. The monoisotopic (exact) mass is 915 g/mol. The van der Waals surface area contributed by atoms with Crippen molar-refractivity contribution in [2.24, 2.45) is 0 Å². The fourth-order valence-electron chi connectivity index (χ4n) is 13.0. The van der Waals surface area contributed by atoms with E-state index in [0.29, 0.717) is 0 Å². The van der Waals surface area contributed by atoms with Crippen LogP contribution in [0.1, 0.15) is 25.0 Å². The molecule has 0 radical (unpaired) electrons. The van der Waals surface area contributed by atoms with Crippen LogP contribution in [-0.4, -0.2) is 13.5 Å². The van der Waals surface area contributed by atoms with Crippen LogP contribution in [0.25, 0.3) is 138 Å². The lowest BCUT2D eigenvalue weighted by atomic mass is 9.82. The SMILES string of the molecule is CC1(C)c2ccccc2-c2ccc(-n3c4ccccc4c4cc(-c5ccc(-c6ccc7c(c6)c6ccccc6n7-c6ccc(-c7ccc8c9cccc%10c%11ccccc%11n(c8c7)c%109)cc6)cc5)ccc43)cc21. The first kappa shape index (κ1) is 39.6. The van der Waals surface area contributed by atoms with Gasteiger partial charge < -0.3 is 13.5 Å². The number of rotatable bonds is 5. The molecule has 3 nitrogen and oxygen atoms in total. The highest BCUT2D eigenvalue weighted by molar-refractivity contribution is 6.23. The first-order chi connectivity index (χ1) is 35.5. The van der Waals surface area contributed by atoms with Crippen LogP contribution >= 0.6 is 0 Å². The zero-order valence-electron chi connectivity index (χ0n) is 39.9.